The highest BCUT2D eigenvalue weighted by Gasteiger charge is 2.22. The summed E-state index contributed by atoms with van der Waals surface area (Å²) in [7, 11) is 0. The zero-order valence-corrected chi connectivity index (χ0v) is 12.9. The molecule has 0 amide bonds. The molecule has 2 heteroatoms. The first kappa shape index (κ1) is 15.3. The third-order valence-electron chi connectivity index (χ3n) is 3.87. The molecule has 0 heterocycles. The van der Waals surface area contributed by atoms with Crippen molar-refractivity contribution < 1.29 is 9.53 Å². The van der Waals surface area contributed by atoms with Crippen molar-refractivity contribution in [1.29, 1.82) is 0 Å². The molecule has 0 unspecified atom stereocenters. The van der Waals surface area contributed by atoms with Gasteiger partial charge in [0.25, 0.3) is 0 Å². The Morgan fingerprint density at radius 3 is 2.10 bits per heavy atom. The Balaban J connectivity index is 2.13. The molecule has 0 bridgehead atoms. The van der Waals surface area contributed by atoms with E-state index in [0.717, 1.165) is 5.75 Å². The molecule has 2 nitrogen and oxygen atoms in total. The Hall–Kier alpha value is -2.09. The van der Waals surface area contributed by atoms with E-state index in [0.29, 0.717) is 6.42 Å². The van der Waals surface area contributed by atoms with E-state index >= 15 is 0 Å². The quantitative estimate of drug-likeness (QED) is 0.786. The van der Waals surface area contributed by atoms with E-state index in [2.05, 4.69) is 50.2 Å². The third kappa shape index (κ3) is 3.72. The highest BCUT2D eigenvalue weighted by atomic mass is 16.5. The van der Waals surface area contributed by atoms with E-state index in [-0.39, 0.29) is 17.8 Å². The lowest BCUT2D eigenvalue weighted by Gasteiger charge is -2.26. The Morgan fingerprint density at radius 2 is 1.52 bits per heavy atom. The van der Waals surface area contributed by atoms with Gasteiger partial charge in [-0.15, -0.1) is 0 Å². The van der Waals surface area contributed by atoms with Crippen molar-refractivity contribution in [2.45, 2.75) is 32.6 Å². The maximum Gasteiger partial charge on any atom is 0.169 e. The van der Waals surface area contributed by atoms with Crippen molar-refractivity contribution in [2.75, 3.05) is 6.61 Å². The summed E-state index contributed by atoms with van der Waals surface area (Å²) in [5.41, 5.74) is 2.45. The van der Waals surface area contributed by atoms with E-state index in [1.54, 1.807) is 0 Å². The fraction of sp³-hybridized carbons (Fsp3) is 0.316. The van der Waals surface area contributed by atoms with Crippen LogP contribution in [0.5, 0.6) is 5.75 Å². The minimum absolute atomic E-state index is 0.0565. The van der Waals surface area contributed by atoms with Crippen molar-refractivity contribution in [1.82, 2.24) is 0 Å². The standard InChI is InChI=1S/C19H22O2/c1-4-17(20)14-21-18-12-10-16(11-13-18)19(2,3)15-8-6-5-7-9-15/h5-13H,4,14H2,1-3H3. The highest BCUT2D eigenvalue weighted by molar-refractivity contribution is 5.79. The number of hydrogen-bond donors (Lipinski definition) is 0. The minimum atomic E-state index is -0.0565. The molecule has 0 aliphatic rings. The van der Waals surface area contributed by atoms with Crippen LogP contribution in [0.1, 0.15) is 38.3 Å². The number of hydrogen-bond acceptors (Lipinski definition) is 2. The molecule has 0 saturated carbocycles. The van der Waals surface area contributed by atoms with Gasteiger partial charge in [0.2, 0.25) is 0 Å². The van der Waals surface area contributed by atoms with E-state index in [1.165, 1.54) is 11.1 Å². The summed E-state index contributed by atoms with van der Waals surface area (Å²) in [6.45, 7) is 6.41. The topological polar surface area (TPSA) is 26.3 Å². The van der Waals surface area contributed by atoms with E-state index in [1.807, 2.05) is 25.1 Å². The number of ether oxygens (including phenoxy) is 1. The smallest absolute Gasteiger partial charge is 0.169 e. The summed E-state index contributed by atoms with van der Waals surface area (Å²) in [6, 6.07) is 18.4. The third-order valence-corrected chi connectivity index (χ3v) is 3.87. The predicted octanol–water partition coefficient (Wildman–Crippen LogP) is 4.37. The molecule has 0 aromatic heterocycles. The van der Waals surface area contributed by atoms with Gasteiger partial charge in [-0.1, -0.05) is 63.2 Å². The van der Waals surface area contributed by atoms with E-state index in [9.17, 15) is 4.79 Å². The van der Waals surface area contributed by atoms with Gasteiger partial charge in [-0.3, -0.25) is 4.79 Å². The molecule has 0 N–H and O–H groups in total. The van der Waals surface area contributed by atoms with Gasteiger partial charge in [0.1, 0.15) is 12.4 Å². The van der Waals surface area contributed by atoms with Crippen molar-refractivity contribution in [2.24, 2.45) is 0 Å². The zero-order valence-electron chi connectivity index (χ0n) is 12.9. The average Bonchev–Trinajstić information content (AvgIpc) is 2.53. The number of carbonyl (C=O) groups is 1. The Labute approximate surface area is 126 Å². The fourth-order valence-electron chi connectivity index (χ4n) is 2.26. The monoisotopic (exact) mass is 282 g/mol. The van der Waals surface area contributed by atoms with Crippen LogP contribution in [0.3, 0.4) is 0 Å². The molecule has 0 aliphatic carbocycles. The maximum absolute atomic E-state index is 11.3. The first-order valence-electron chi connectivity index (χ1n) is 7.34. The second-order valence-corrected chi connectivity index (χ2v) is 5.70. The fourth-order valence-corrected chi connectivity index (χ4v) is 2.26. The molecule has 0 saturated heterocycles. The van der Waals surface area contributed by atoms with Crippen molar-refractivity contribution in [3.63, 3.8) is 0 Å². The molecular weight excluding hydrogens is 260 g/mol. The Bertz CT molecular complexity index is 583. The molecule has 0 spiro atoms. The Kier molecular flexibility index (Phi) is 4.79. The SMILES string of the molecule is CCC(=O)COc1ccc(C(C)(C)c2ccccc2)cc1. The van der Waals surface area contributed by atoms with Gasteiger partial charge < -0.3 is 4.74 Å². The van der Waals surface area contributed by atoms with Gasteiger partial charge in [-0.25, -0.2) is 0 Å². The van der Waals surface area contributed by atoms with Gasteiger partial charge in [0.15, 0.2) is 5.78 Å². The summed E-state index contributed by atoms with van der Waals surface area (Å²) in [4.78, 5) is 11.3. The molecule has 0 radical (unpaired) electrons. The minimum Gasteiger partial charge on any atom is -0.486 e. The van der Waals surface area contributed by atoms with Crippen LogP contribution in [-0.2, 0) is 10.2 Å². The van der Waals surface area contributed by atoms with Crippen LogP contribution in [0.25, 0.3) is 0 Å². The number of ketones is 1. The van der Waals surface area contributed by atoms with Gasteiger partial charge in [-0.05, 0) is 23.3 Å². The lowest BCUT2D eigenvalue weighted by atomic mass is 9.78. The van der Waals surface area contributed by atoms with Gasteiger partial charge >= 0.3 is 0 Å². The van der Waals surface area contributed by atoms with Crippen LogP contribution < -0.4 is 4.74 Å². The molecule has 0 aliphatic heterocycles. The van der Waals surface area contributed by atoms with Crippen LogP contribution in [0.2, 0.25) is 0 Å². The Morgan fingerprint density at radius 1 is 0.952 bits per heavy atom. The predicted molar refractivity (Wildman–Crippen MR) is 85.8 cm³/mol. The number of carbonyl (C=O) groups excluding carboxylic acids is 1. The second-order valence-electron chi connectivity index (χ2n) is 5.70. The second kappa shape index (κ2) is 6.57. The van der Waals surface area contributed by atoms with Crippen molar-refractivity contribution in [3.05, 3.63) is 65.7 Å². The summed E-state index contributed by atoms with van der Waals surface area (Å²) in [5, 5.41) is 0. The summed E-state index contributed by atoms with van der Waals surface area (Å²) >= 11 is 0. The first-order valence-corrected chi connectivity index (χ1v) is 7.34. The van der Waals surface area contributed by atoms with Crippen LogP contribution in [0, 0.1) is 0 Å². The molecule has 21 heavy (non-hydrogen) atoms. The molecule has 0 fully saturated rings. The van der Waals surface area contributed by atoms with Crippen LogP contribution in [0.4, 0.5) is 0 Å². The largest absolute Gasteiger partial charge is 0.486 e. The number of Topliss-reactive ketones (excluding diaryl/α,β-unsaturated/α-hetero) is 1. The maximum atomic E-state index is 11.3. The van der Waals surface area contributed by atoms with Gasteiger partial charge in [0, 0.05) is 11.8 Å². The van der Waals surface area contributed by atoms with Gasteiger partial charge in [-0.2, -0.15) is 0 Å². The molecular formula is C19H22O2. The van der Waals surface area contributed by atoms with Crippen LogP contribution in [0.15, 0.2) is 54.6 Å². The average molecular weight is 282 g/mol. The zero-order chi connectivity index (χ0) is 15.3. The van der Waals surface area contributed by atoms with E-state index in [4.69, 9.17) is 4.74 Å². The number of benzene rings is 2. The summed E-state index contributed by atoms with van der Waals surface area (Å²) in [5.74, 6) is 0.855. The van der Waals surface area contributed by atoms with Crippen molar-refractivity contribution in [3.8, 4) is 5.75 Å². The number of rotatable bonds is 6. The lowest BCUT2D eigenvalue weighted by Crippen LogP contribution is -2.18. The summed E-state index contributed by atoms with van der Waals surface area (Å²) in [6.07, 6.45) is 0.513. The van der Waals surface area contributed by atoms with Crippen molar-refractivity contribution >= 4 is 5.78 Å². The van der Waals surface area contributed by atoms with Crippen LogP contribution >= 0.6 is 0 Å². The molecule has 2 rings (SSSR count). The lowest BCUT2D eigenvalue weighted by molar-refractivity contribution is -0.120. The first-order chi connectivity index (χ1) is 10.0. The highest BCUT2D eigenvalue weighted by Crippen LogP contribution is 2.32. The van der Waals surface area contributed by atoms with E-state index < -0.39 is 0 Å². The molecule has 110 valence electrons. The van der Waals surface area contributed by atoms with Gasteiger partial charge in [0.05, 0.1) is 0 Å². The summed E-state index contributed by atoms with van der Waals surface area (Å²) < 4.78 is 5.48. The normalized spacial score (nSPS) is 11.2. The molecule has 2 aromatic carbocycles. The molecule has 0 atom stereocenters. The molecule has 2 aromatic rings. The van der Waals surface area contributed by atoms with Crippen LogP contribution in [-0.4, -0.2) is 12.4 Å².